The summed E-state index contributed by atoms with van der Waals surface area (Å²) in [5.74, 6) is 1.32. The van der Waals surface area contributed by atoms with Crippen LogP contribution in [0.2, 0.25) is 5.02 Å². The molecule has 5 nitrogen and oxygen atoms in total. The highest BCUT2D eigenvalue weighted by Crippen LogP contribution is 2.27. The maximum absolute atomic E-state index is 6.21. The van der Waals surface area contributed by atoms with Gasteiger partial charge in [0.15, 0.2) is 11.2 Å². The van der Waals surface area contributed by atoms with Gasteiger partial charge in [0, 0.05) is 5.02 Å². The van der Waals surface area contributed by atoms with Crippen molar-refractivity contribution in [3.05, 3.63) is 40.9 Å². The molecule has 0 fully saturated rings. The van der Waals surface area contributed by atoms with Crippen molar-refractivity contribution >= 4 is 34.4 Å². The van der Waals surface area contributed by atoms with Crippen LogP contribution < -0.4 is 4.74 Å². The van der Waals surface area contributed by atoms with E-state index in [1.807, 2.05) is 29.7 Å². The zero-order valence-electron chi connectivity index (χ0n) is 11.5. The number of fused-ring (bicyclic) bond motifs is 1. The van der Waals surface area contributed by atoms with E-state index in [1.54, 1.807) is 7.11 Å². The number of rotatable bonds is 3. The van der Waals surface area contributed by atoms with Gasteiger partial charge >= 0.3 is 0 Å². The van der Waals surface area contributed by atoms with Crippen molar-refractivity contribution in [2.24, 2.45) is 0 Å². The number of halogens is 2. The van der Waals surface area contributed by atoms with Crippen molar-refractivity contribution in [3.8, 4) is 11.6 Å². The van der Waals surface area contributed by atoms with Crippen molar-refractivity contribution < 1.29 is 4.74 Å². The summed E-state index contributed by atoms with van der Waals surface area (Å²) in [5, 5.41) is 0.677. The van der Waals surface area contributed by atoms with E-state index in [2.05, 4.69) is 15.0 Å². The average Bonchev–Trinajstić information content (AvgIpc) is 2.88. The van der Waals surface area contributed by atoms with E-state index in [0.29, 0.717) is 27.9 Å². The molecule has 0 saturated carbocycles. The number of methoxy groups -OCH3 is 1. The second-order valence-electron chi connectivity index (χ2n) is 4.49. The first kappa shape index (κ1) is 14.1. The molecule has 0 saturated heterocycles. The molecule has 0 aliphatic rings. The molecule has 1 aromatic carbocycles. The van der Waals surface area contributed by atoms with E-state index < -0.39 is 0 Å². The molecule has 3 rings (SSSR count). The van der Waals surface area contributed by atoms with Crippen LogP contribution in [0.1, 0.15) is 11.4 Å². The Morgan fingerprint density at radius 1 is 1.29 bits per heavy atom. The lowest BCUT2D eigenvalue weighted by Crippen LogP contribution is -2.01. The molecule has 0 aliphatic carbocycles. The number of hydrogen-bond acceptors (Lipinski definition) is 4. The summed E-state index contributed by atoms with van der Waals surface area (Å²) in [6.07, 6.45) is 1.44. The van der Waals surface area contributed by atoms with E-state index in [0.717, 1.165) is 11.3 Å². The fraction of sp³-hybridized carbons (Fsp3) is 0.214. The van der Waals surface area contributed by atoms with E-state index >= 15 is 0 Å². The fourth-order valence-electron chi connectivity index (χ4n) is 2.15. The third-order valence-electron chi connectivity index (χ3n) is 3.21. The number of aromatic nitrogens is 4. The number of imidazole rings is 1. The molecule has 0 radical (unpaired) electrons. The number of hydrogen-bond donors (Lipinski definition) is 0. The quantitative estimate of drug-likeness (QED) is 0.692. The van der Waals surface area contributed by atoms with Crippen LogP contribution in [0, 0.1) is 6.92 Å². The number of ether oxygens (including phenoxy) is 1. The van der Waals surface area contributed by atoms with Gasteiger partial charge in [0.05, 0.1) is 18.7 Å². The summed E-state index contributed by atoms with van der Waals surface area (Å²) in [5.41, 5.74) is 3.07. The van der Waals surface area contributed by atoms with Crippen molar-refractivity contribution in [1.29, 1.82) is 0 Å². The van der Waals surface area contributed by atoms with Crippen molar-refractivity contribution in [1.82, 2.24) is 19.5 Å². The molecule has 0 bridgehead atoms. The Morgan fingerprint density at radius 3 is 2.76 bits per heavy atom. The zero-order chi connectivity index (χ0) is 15.0. The lowest BCUT2D eigenvalue weighted by molar-refractivity contribution is 0.401. The molecule has 21 heavy (non-hydrogen) atoms. The molecule has 3 aromatic rings. The first-order valence-electron chi connectivity index (χ1n) is 6.24. The third-order valence-corrected chi connectivity index (χ3v) is 3.85. The van der Waals surface area contributed by atoms with Crippen LogP contribution in [0.3, 0.4) is 0 Å². The van der Waals surface area contributed by atoms with Gasteiger partial charge in [-0.15, -0.1) is 11.6 Å². The van der Waals surface area contributed by atoms with E-state index in [9.17, 15) is 0 Å². The van der Waals surface area contributed by atoms with Crippen molar-refractivity contribution in [2.45, 2.75) is 12.8 Å². The van der Waals surface area contributed by atoms with Crippen LogP contribution in [-0.4, -0.2) is 26.6 Å². The average molecular weight is 323 g/mol. The highest BCUT2D eigenvalue weighted by atomic mass is 35.5. The van der Waals surface area contributed by atoms with Crippen molar-refractivity contribution in [2.75, 3.05) is 7.11 Å². The Bertz CT molecular complexity index is 816. The number of nitrogens with zero attached hydrogens (tertiary/aromatic N) is 4. The molecular formula is C14H12Cl2N4O. The summed E-state index contributed by atoms with van der Waals surface area (Å²) in [4.78, 5) is 12.8. The minimum Gasteiger partial charge on any atom is -0.479 e. The highest BCUT2D eigenvalue weighted by molar-refractivity contribution is 6.31. The van der Waals surface area contributed by atoms with Crippen LogP contribution >= 0.6 is 23.2 Å². The summed E-state index contributed by atoms with van der Waals surface area (Å²) >= 11 is 12.2. The minimum absolute atomic E-state index is 0.241. The van der Waals surface area contributed by atoms with E-state index in [4.69, 9.17) is 27.9 Å². The smallest absolute Gasteiger partial charge is 0.245 e. The number of alkyl halides is 1. The molecule has 2 heterocycles. The predicted molar refractivity (Wildman–Crippen MR) is 82.5 cm³/mol. The van der Waals surface area contributed by atoms with Gasteiger partial charge in [0.2, 0.25) is 5.88 Å². The molecule has 0 unspecified atom stereocenters. The standard InChI is InChI=1S/C14H12Cl2N4O/c1-8-3-4-9(5-10(8)16)20-11(6-15)19-12-13(20)17-7-18-14(12)21-2/h3-5,7H,6H2,1-2H3. The highest BCUT2D eigenvalue weighted by Gasteiger charge is 2.17. The van der Waals surface area contributed by atoms with Crippen LogP contribution in [0.4, 0.5) is 0 Å². The summed E-state index contributed by atoms with van der Waals surface area (Å²) < 4.78 is 7.08. The summed E-state index contributed by atoms with van der Waals surface area (Å²) in [7, 11) is 1.55. The Morgan fingerprint density at radius 2 is 2.10 bits per heavy atom. The monoisotopic (exact) mass is 322 g/mol. The van der Waals surface area contributed by atoms with Gasteiger partial charge in [0.25, 0.3) is 0 Å². The molecule has 0 N–H and O–H groups in total. The van der Waals surface area contributed by atoms with Gasteiger partial charge in [0.1, 0.15) is 12.2 Å². The largest absolute Gasteiger partial charge is 0.479 e. The van der Waals surface area contributed by atoms with E-state index in [-0.39, 0.29) is 5.88 Å². The zero-order valence-corrected chi connectivity index (χ0v) is 13.0. The molecular weight excluding hydrogens is 311 g/mol. The molecule has 2 aromatic heterocycles. The second-order valence-corrected chi connectivity index (χ2v) is 5.16. The molecule has 0 aliphatic heterocycles. The van der Waals surface area contributed by atoms with Gasteiger partial charge in [-0.3, -0.25) is 4.57 Å². The normalized spacial score (nSPS) is 11.0. The first-order chi connectivity index (χ1) is 10.2. The second kappa shape index (κ2) is 5.50. The van der Waals surface area contributed by atoms with Gasteiger partial charge < -0.3 is 4.74 Å². The first-order valence-corrected chi connectivity index (χ1v) is 7.15. The Labute approximate surface area is 131 Å². The lowest BCUT2D eigenvalue weighted by Gasteiger charge is -2.08. The van der Waals surface area contributed by atoms with Gasteiger partial charge in [-0.05, 0) is 24.6 Å². The number of aryl methyl sites for hydroxylation is 1. The minimum atomic E-state index is 0.241. The van der Waals surface area contributed by atoms with Crippen LogP contribution in [0.15, 0.2) is 24.5 Å². The maximum Gasteiger partial charge on any atom is 0.245 e. The maximum atomic E-state index is 6.21. The van der Waals surface area contributed by atoms with Crippen LogP contribution in [0.5, 0.6) is 5.88 Å². The third kappa shape index (κ3) is 2.32. The fourth-order valence-corrected chi connectivity index (χ4v) is 2.50. The van der Waals surface area contributed by atoms with Gasteiger partial charge in [-0.25, -0.2) is 9.97 Å². The molecule has 108 valence electrons. The van der Waals surface area contributed by atoms with Crippen LogP contribution in [-0.2, 0) is 5.88 Å². The SMILES string of the molecule is COc1ncnc2c1nc(CCl)n2-c1ccc(C)c(Cl)c1. The number of benzene rings is 1. The van der Waals surface area contributed by atoms with Gasteiger partial charge in [-0.1, -0.05) is 17.7 Å². The summed E-state index contributed by atoms with van der Waals surface area (Å²) in [6.45, 7) is 1.95. The lowest BCUT2D eigenvalue weighted by atomic mass is 10.2. The Balaban J connectivity index is 2.32. The van der Waals surface area contributed by atoms with Crippen molar-refractivity contribution in [3.63, 3.8) is 0 Å². The summed E-state index contributed by atoms with van der Waals surface area (Å²) in [6, 6.07) is 5.76. The molecule has 0 spiro atoms. The molecule has 0 atom stereocenters. The van der Waals surface area contributed by atoms with E-state index in [1.165, 1.54) is 6.33 Å². The molecule has 7 heteroatoms. The topological polar surface area (TPSA) is 52.8 Å². The van der Waals surface area contributed by atoms with Gasteiger partial charge in [-0.2, -0.15) is 4.98 Å². The Hall–Kier alpha value is -1.85. The predicted octanol–water partition coefficient (Wildman–Crippen LogP) is 3.52. The Kier molecular flexibility index (Phi) is 3.69. The van der Waals surface area contributed by atoms with Crippen LogP contribution in [0.25, 0.3) is 16.9 Å². The molecule has 0 amide bonds.